The van der Waals surface area contributed by atoms with Crippen molar-refractivity contribution in [2.24, 2.45) is 5.73 Å². The smallest absolute Gasteiger partial charge is 0.226 e. The Kier molecular flexibility index (Phi) is 3.57. The first-order chi connectivity index (χ1) is 7.83. The maximum atomic E-state index is 12.0. The largest absolute Gasteiger partial charge is 0.326 e. The SMILES string of the molecule is NCc1ccccc1N1CCCCCC1=O. The van der Waals surface area contributed by atoms with Crippen molar-refractivity contribution >= 4 is 11.6 Å². The fourth-order valence-corrected chi connectivity index (χ4v) is 2.18. The Morgan fingerprint density at radius 3 is 2.81 bits per heavy atom. The average Bonchev–Trinajstić information content (AvgIpc) is 2.54. The topological polar surface area (TPSA) is 46.3 Å². The molecule has 2 rings (SSSR count). The number of benzene rings is 1. The van der Waals surface area contributed by atoms with Crippen molar-refractivity contribution in [3.05, 3.63) is 29.8 Å². The molecule has 1 saturated heterocycles. The van der Waals surface area contributed by atoms with Gasteiger partial charge in [-0.2, -0.15) is 0 Å². The summed E-state index contributed by atoms with van der Waals surface area (Å²) in [4.78, 5) is 13.9. The van der Waals surface area contributed by atoms with Gasteiger partial charge in [0.2, 0.25) is 5.91 Å². The van der Waals surface area contributed by atoms with E-state index in [-0.39, 0.29) is 5.91 Å². The second kappa shape index (κ2) is 5.12. The van der Waals surface area contributed by atoms with Gasteiger partial charge >= 0.3 is 0 Å². The molecule has 0 unspecified atom stereocenters. The third kappa shape index (κ3) is 2.25. The van der Waals surface area contributed by atoms with Crippen LogP contribution in [0.5, 0.6) is 0 Å². The van der Waals surface area contributed by atoms with E-state index in [0.29, 0.717) is 13.0 Å². The maximum absolute atomic E-state index is 12.0. The van der Waals surface area contributed by atoms with Crippen LogP contribution in [0.25, 0.3) is 0 Å². The number of anilines is 1. The molecule has 1 aliphatic rings. The van der Waals surface area contributed by atoms with E-state index >= 15 is 0 Å². The summed E-state index contributed by atoms with van der Waals surface area (Å²) in [6, 6.07) is 7.92. The fraction of sp³-hybridized carbons (Fsp3) is 0.462. The lowest BCUT2D eigenvalue weighted by Gasteiger charge is -2.23. The molecule has 1 aromatic carbocycles. The van der Waals surface area contributed by atoms with E-state index in [2.05, 4.69) is 0 Å². The first-order valence-electron chi connectivity index (χ1n) is 5.91. The molecule has 3 heteroatoms. The molecule has 0 atom stereocenters. The molecule has 1 aromatic rings. The highest BCUT2D eigenvalue weighted by Crippen LogP contribution is 2.24. The fourth-order valence-electron chi connectivity index (χ4n) is 2.18. The van der Waals surface area contributed by atoms with Gasteiger partial charge in [-0.05, 0) is 24.5 Å². The summed E-state index contributed by atoms with van der Waals surface area (Å²) < 4.78 is 0. The van der Waals surface area contributed by atoms with Gasteiger partial charge in [-0.15, -0.1) is 0 Å². The summed E-state index contributed by atoms with van der Waals surface area (Å²) >= 11 is 0. The summed E-state index contributed by atoms with van der Waals surface area (Å²) in [5.74, 6) is 0.235. The number of carbonyl (C=O) groups is 1. The Morgan fingerprint density at radius 1 is 1.19 bits per heavy atom. The molecular weight excluding hydrogens is 200 g/mol. The molecule has 1 aliphatic heterocycles. The highest BCUT2D eigenvalue weighted by molar-refractivity contribution is 5.94. The van der Waals surface area contributed by atoms with Gasteiger partial charge in [-0.3, -0.25) is 4.79 Å². The number of carbonyl (C=O) groups excluding carboxylic acids is 1. The van der Waals surface area contributed by atoms with Crippen LogP contribution in [0.4, 0.5) is 5.69 Å². The lowest BCUT2D eigenvalue weighted by molar-refractivity contribution is -0.118. The molecule has 16 heavy (non-hydrogen) atoms. The van der Waals surface area contributed by atoms with Crippen LogP contribution in [-0.4, -0.2) is 12.5 Å². The molecule has 2 N–H and O–H groups in total. The lowest BCUT2D eigenvalue weighted by atomic mass is 10.1. The second-order valence-electron chi connectivity index (χ2n) is 4.19. The number of nitrogens with zero attached hydrogens (tertiary/aromatic N) is 1. The Hall–Kier alpha value is -1.35. The van der Waals surface area contributed by atoms with Gasteiger partial charge in [0, 0.05) is 25.2 Å². The van der Waals surface area contributed by atoms with Gasteiger partial charge < -0.3 is 10.6 Å². The zero-order valence-corrected chi connectivity index (χ0v) is 9.48. The Labute approximate surface area is 96.2 Å². The van der Waals surface area contributed by atoms with E-state index in [4.69, 9.17) is 5.73 Å². The minimum Gasteiger partial charge on any atom is -0.326 e. The molecule has 1 amide bonds. The second-order valence-corrected chi connectivity index (χ2v) is 4.19. The van der Waals surface area contributed by atoms with Crippen LogP contribution in [0.2, 0.25) is 0 Å². The van der Waals surface area contributed by atoms with Crippen LogP contribution >= 0.6 is 0 Å². The van der Waals surface area contributed by atoms with E-state index in [9.17, 15) is 4.79 Å². The maximum Gasteiger partial charge on any atom is 0.226 e. The van der Waals surface area contributed by atoms with Gasteiger partial charge in [0.15, 0.2) is 0 Å². The average molecular weight is 218 g/mol. The monoisotopic (exact) mass is 218 g/mol. The van der Waals surface area contributed by atoms with Crippen LogP contribution in [0.15, 0.2) is 24.3 Å². The highest BCUT2D eigenvalue weighted by atomic mass is 16.2. The molecule has 0 saturated carbocycles. The zero-order chi connectivity index (χ0) is 11.4. The van der Waals surface area contributed by atoms with Crippen molar-refractivity contribution in [3.63, 3.8) is 0 Å². The van der Waals surface area contributed by atoms with Gasteiger partial charge in [-0.25, -0.2) is 0 Å². The van der Waals surface area contributed by atoms with Crippen molar-refractivity contribution < 1.29 is 4.79 Å². The number of para-hydroxylation sites is 1. The number of nitrogens with two attached hydrogens (primary N) is 1. The summed E-state index contributed by atoms with van der Waals surface area (Å²) in [7, 11) is 0. The Balaban J connectivity index is 2.30. The first kappa shape index (κ1) is 11.1. The summed E-state index contributed by atoms with van der Waals surface area (Å²) in [5, 5.41) is 0. The van der Waals surface area contributed by atoms with Crippen molar-refractivity contribution in [1.29, 1.82) is 0 Å². The van der Waals surface area contributed by atoms with E-state index in [1.807, 2.05) is 29.2 Å². The quantitative estimate of drug-likeness (QED) is 0.825. The van der Waals surface area contributed by atoms with Crippen LogP contribution in [0, 0.1) is 0 Å². The van der Waals surface area contributed by atoms with Crippen LogP contribution in [-0.2, 0) is 11.3 Å². The van der Waals surface area contributed by atoms with Crippen LogP contribution in [0.3, 0.4) is 0 Å². The number of amides is 1. The van der Waals surface area contributed by atoms with Gasteiger partial charge in [-0.1, -0.05) is 24.6 Å². The lowest BCUT2D eigenvalue weighted by Crippen LogP contribution is -2.31. The molecular formula is C13H18N2O. The van der Waals surface area contributed by atoms with E-state index < -0.39 is 0 Å². The van der Waals surface area contributed by atoms with Gasteiger partial charge in [0.05, 0.1) is 0 Å². The molecule has 1 heterocycles. The van der Waals surface area contributed by atoms with Crippen LogP contribution in [0.1, 0.15) is 31.2 Å². The minimum atomic E-state index is 0.235. The first-order valence-corrected chi connectivity index (χ1v) is 5.91. The molecule has 86 valence electrons. The standard InChI is InChI=1S/C13H18N2O/c14-10-11-6-3-4-7-12(11)15-9-5-1-2-8-13(15)16/h3-4,6-7H,1-2,5,8-10,14H2. The predicted molar refractivity (Wildman–Crippen MR) is 65.2 cm³/mol. The van der Waals surface area contributed by atoms with Crippen molar-refractivity contribution in [2.45, 2.75) is 32.2 Å². The van der Waals surface area contributed by atoms with Crippen LogP contribution < -0.4 is 10.6 Å². The van der Waals surface area contributed by atoms with E-state index in [1.165, 1.54) is 0 Å². The number of hydrogen-bond donors (Lipinski definition) is 1. The molecule has 0 aromatic heterocycles. The summed E-state index contributed by atoms with van der Waals surface area (Å²) in [6.45, 7) is 1.32. The van der Waals surface area contributed by atoms with Gasteiger partial charge in [0.25, 0.3) is 0 Å². The number of rotatable bonds is 2. The molecule has 0 aliphatic carbocycles. The Bertz CT molecular complexity index is 376. The predicted octanol–water partition coefficient (Wildman–Crippen LogP) is 2.05. The van der Waals surface area contributed by atoms with Crippen molar-refractivity contribution in [1.82, 2.24) is 0 Å². The van der Waals surface area contributed by atoms with Gasteiger partial charge in [0.1, 0.15) is 0 Å². The van der Waals surface area contributed by atoms with E-state index in [1.54, 1.807) is 0 Å². The molecule has 0 spiro atoms. The van der Waals surface area contributed by atoms with E-state index in [0.717, 1.165) is 37.1 Å². The Morgan fingerprint density at radius 2 is 2.00 bits per heavy atom. The normalized spacial score (nSPS) is 17.3. The molecule has 3 nitrogen and oxygen atoms in total. The summed E-state index contributed by atoms with van der Waals surface area (Å²) in [5.41, 5.74) is 7.75. The summed E-state index contributed by atoms with van der Waals surface area (Å²) in [6.07, 6.45) is 3.91. The zero-order valence-electron chi connectivity index (χ0n) is 9.48. The molecule has 0 radical (unpaired) electrons. The third-order valence-corrected chi connectivity index (χ3v) is 3.08. The molecule has 1 fully saturated rings. The number of hydrogen-bond acceptors (Lipinski definition) is 2. The van der Waals surface area contributed by atoms with Crippen molar-refractivity contribution in [3.8, 4) is 0 Å². The van der Waals surface area contributed by atoms with Crippen molar-refractivity contribution in [2.75, 3.05) is 11.4 Å². The minimum absolute atomic E-state index is 0.235. The third-order valence-electron chi connectivity index (χ3n) is 3.08. The highest BCUT2D eigenvalue weighted by Gasteiger charge is 2.19. The molecule has 0 bridgehead atoms.